The van der Waals surface area contributed by atoms with E-state index in [4.69, 9.17) is 21.1 Å². The Hall–Kier alpha value is -4.51. The van der Waals surface area contributed by atoms with Crippen molar-refractivity contribution in [3.8, 4) is 5.75 Å². The number of ether oxygens (including phenoxy) is 2. The van der Waals surface area contributed by atoms with Crippen LogP contribution in [0.3, 0.4) is 0 Å². The fourth-order valence-corrected chi connectivity index (χ4v) is 7.60. The van der Waals surface area contributed by atoms with Crippen molar-refractivity contribution in [2.75, 3.05) is 38.7 Å². The molecule has 15 nitrogen and oxygen atoms in total. The average Bonchev–Trinajstić information content (AvgIpc) is 3.11. The Morgan fingerprint density at radius 2 is 1.83 bits per heavy atom. The summed E-state index contributed by atoms with van der Waals surface area (Å²) in [5.74, 6) is -1.78. The Morgan fingerprint density at radius 3 is 2.42 bits per heavy atom. The molecular formula is C34H41ClFN7O8S. The van der Waals surface area contributed by atoms with E-state index in [9.17, 15) is 33.8 Å². The molecule has 0 saturated carbocycles. The van der Waals surface area contributed by atoms with E-state index in [1.807, 2.05) is 0 Å². The highest BCUT2D eigenvalue weighted by Crippen LogP contribution is 2.37. The third-order valence-electron chi connectivity index (χ3n) is 8.71. The van der Waals surface area contributed by atoms with Crippen LogP contribution in [0, 0.1) is 11.7 Å². The maximum Gasteiger partial charge on any atom is 0.407 e. The molecule has 1 fully saturated rings. The topological polar surface area (TPSA) is 216 Å². The number of amides is 2. The zero-order chi connectivity index (χ0) is 37.8. The van der Waals surface area contributed by atoms with Gasteiger partial charge >= 0.3 is 6.09 Å². The monoisotopic (exact) mass is 761 g/mol. The maximum absolute atomic E-state index is 15.5. The summed E-state index contributed by atoms with van der Waals surface area (Å²) in [7, 11) is -2.80. The molecule has 1 aliphatic rings. The zero-order valence-electron chi connectivity index (χ0n) is 28.6. The molecule has 0 radical (unpaired) electrons. The minimum absolute atomic E-state index is 0.0387. The van der Waals surface area contributed by atoms with Crippen LogP contribution in [0.4, 0.5) is 14.9 Å². The molecule has 2 heterocycles. The molecule has 2 aromatic carbocycles. The first-order valence-corrected chi connectivity index (χ1v) is 18.3. The van der Waals surface area contributed by atoms with E-state index in [-0.39, 0.29) is 41.5 Å². The lowest BCUT2D eigenvalue weighted by molar-refractivity contribution is -0.118. The van der Waals surface area contributed by atoms with Gasteiger partial charge in [0.1, 0.15) is 17.6 Å². The number of sulfonamides is 1. The fraction of sp³-hybridized carbons (Fsp3) is 0.441. The highest BCUT2D eigenvalue weighted by atomic mass is 35.5. The van der Waals surface area contributed by atoms with Crippen molar-refractivity contribution in [1.82, 2.24) is 14.6 Å². The number of carboxylic acid groups (broad SMARTS) is 1. The lowest BCUT2D eigenvalue weighted by Crippen LogP contribution is -2.47. The lowest BCUT2D eigenvalue weighted by Gasteiger charge is -2.34. The minimum Gasteiger partial charge on any atom is -0.497 e. The summed E-state index contributed by atoms with van der Waals surface area (Å²) in [6, 6.07) is 10.0. The molecule has 52 heavy (non-hydrogen) atoms. The van der Waals surface area contributed by atoms with Gasteiger partial charge in [-0.2, -0.15) is 0 Å². The van der Waals surface area contributed by atoms with Crippen LogP contribution in [0.1, 0.15) is 43.2 Å². The van der Waals surface area contributed by atoms with Crippen LogP contribution in [0.5, 0.6) is 5.75 Å². The summed E-state index contributed by atoms with van der Waals surface area (Å²) in [4.78, 5) is 33.6. The quantitative estimate of drug-likeness (QED) is 0.0791. The van der Waals surface area contributed by atoms with Gasteiger partial charge in [0, 0.05) is 53.8 Å². The van der Waals surface area contributed by atoms with E-state index in [1.54, 1.807) is 24.3 Å². The van der Waals surface area contributed by atoms with Crippen LogP contribution in [0.25, 0.3) is 10.4 Å². The summed E-state index contributed by atoms with van der Waals surface area (Å²) in [5.41, 5.74) is 10.2. The van der Waals surface area contributed by atoms with Gasteiger partial charge < -0.3 is 29.9 Å². The predicted molar refractivity (Wildman–Crippen MR) is 190 cm³/mol. The third-order valence-corrected chi connectivity index (χ3v) is 10.5. The number of hydrogen-bond acceptors (Lipinski definition) is 9. The number of nitrogens with zero attached hydrogens (tertiary/aromatic N) is 5. The molecule has 18 heteroatoms. The Morgan fingerprint density at radius 1 is 1.15 bits per heavy atom. The molecule has 4 rings (SSSR count). The van der Waals surface area contributed by atoms with Gasteiger partial charge in [0.2, 0.25) is 15.9 Å². The van der Waals surface area contributed by atoms with Crippen molar-refractivity contribution < 1.29 is 42.1 Å². The predicted octanol–water partition coefficient (Wildman–Crippen LogP) is 5.35. The Balaban J connectivity index is 1.63. The smallest absolute Gasteiger partial charge is 0.407 e. The standard InChI is InChI=1S/C34H41ClFN7O8S/c1-21(44)19-43(34(46)47)20-25(41-52(48,49)27-10-8-26(50-2)9-11-27)7-12-28-29(36)17-38-18-30(28)39-33(45)32(40-42-37)31(23-13-15-51-16-14-23)22-3-5-24(35)6-4-22/h3-6,8-11,17-18,21,23,25,31-32,41,44H,7,12-16,19-20H2,1-2H3,(H,39,45)(H,46,47)/t21-,25-,31+,32+/m1/s1. The van der Waals surface area contributed by atoms with Gasteiger partial charge in [-0.05, 0) is 86.0 Å². The first kappa shape index (κ1) is 40.3. The molecule has 1 aromatic heterocycles. The second-order valence-corrected chi connectivity index (χ2v) is 14.5. The molecule has 0 aliphatic carbocycles. The molecule has 4 atom stereocenters. The van der Waals surface area contributed by atoms with E-state index in [0.717, 1.165) is 11.1 Å². The van der Waals surface area contributed by atoms with Gasteiger partial charge in [-0.3, -0.25) is 9.78 Å². The van der Waals surface area contributed by atoms with Crippen molar-refractivity contribution in [2.24, 2.45) is 11.0 Å². The van der Waals surface area contributed by atoms with Gasteiger partial charge in [0.05, 0.1) is 36.2 Å². The number of carbonyl (C=O) groups excluding carboxylic acids is 1. The van der Waals surface area contributed by atoms with E-state index >= 15 is 4.39 Å². The number of methoxy groups -OCH3 is 1. The minimum atomic E-state index is -4.22. The van der Waals surface area contributed by atoms with E-state index in [1.165, 1.54) is 44.5 Å². The van der Waals surface area contributed by atoms with Crippen molar-refractivity contribution in [1.29, 1.82) is 0 Å². The van der Waals surface area contributed by atoms with Gasteiger partial charge in [0.15, 0.2) is 0 Å². The highest BCUT2D eigenvalue weighted by Gasteiger charge is 2.36. The van der Waals surface area contributed by atoms with Crippen LogP contribution in [-0.4, -0.2) is 92.1 Å². The summed E-state index contributed by atoms with van der Waals surface area (Å²) in [5, 5.41) is 26.8. The first-order valence-electron chi connectivity index (χ1n) is 16.5. The third kappa shape index (κ3) is 11.0. The number of carbonyl (C=O) groups is 2. The lowest BCUT2D eigenvalue weighted by atomic mass is 9.76. The van der Waals surface area contributed by atoms with Crippen LogP contribution in [-0.2, 0) is 26.0 Å². The number of azide groups is 1. The molecule has 1 saturated heterocycles. The van der Waals surface area contributed by atoms with Crippen molar-refractivity contribution in [3.63, 3.8) is 0 Å². The van der Waals surface area contributed by atoms with Crippen LogP contribution in [0.15, 0.2) is 70.9 Å². The second kappa shape index (κ2) is 18.8. The van der Waals surface area contributed by atoms with E-state index in [0.29, 0.717) is 42.4 Å². The Kier molecular flexibility index (Phi) is 14.6. The number of aromatic nitrogens is 1. The normalized spacial score (nSPS) is 15.8. The van der Waals surface area contributed by atoms with Gasteiger partial charge in [0.25, 0.3) is 0 Å². The molecule has 4 N–H and O–H groups in total. The number of aliphatic hydroxyl groups is 1. The Labute approximate surface area is 305 Å². The van der Waals surface area contributed by atoms with Crippen molar-refractivity contribution in [3.05, 3.63) is 93.3 Å². The SMILES string of the molecule is COc1ccc(S(=O)(=O)N[C@H](CCc2c(F)cncc2NC(=O)[C@@H](N=[N+]=[N-])[C@@H](c2ccc(Cl)cc2)C2CCOCC2)CN(C[C@@H](C)O)C(=O)O)cc1. The molecule has 280 valence electrons. The number of benzene rings is 2. The first-order chi connectivity index (χ1) is 24.8. The maximum atomic E-state index is 15.5. The number of halogens is 2. The summed E-state index contributed by atoms with van der Waals surface area (Å²) in [6.45, 7) is 1.59. The summed E-state index contributed by atoms with van der Waals surface area (Å²) < 4.78 is 55.4. The Bertz CT molecular complexity index is 1820. The number of nitrogens with one attached hydrogen (secondary N) is 2. The number of pyridine rings is 1. The summed E-state index contributed by atoms with van der Waals surface area (Å²) in [6.07, 6.45) is 0.567. The molecule has 1 aliphatic heterocycles. The number of rotatable bonds is 17. The second-order valence-electron chi connectivity index (χ2n) is 12.4. The molecule has 0 unspecified atom stereocenters. The average molecular weight is 762 g/mol. The number of aliphatic hydroxyl groups excluding tert-OH is 1. The van der Waals surface area contributed by atoms with Crippen molar-refractivity contribution >= 4 is 39.3 Å². The van der Waals surface area contributed by atoms with E-state index in [2.05, 4.69) is 25.0 Å². The fourth-order valence-electron chi connectivity index (χ4n) is 6.21. The van der Waals surface area contributed by atoms with Gasteiger partial charge in [-0.1, -0.05) is 28.8 Å². The molecule has 2 amide bonds. The van der Waals surface area contributed by atoms with Gasteiger partial charge in [-0.15, -0.1) is 0 Å². The van der Waals surface area contributed by atoms with E-state index < -0.39 is 58.5 Å². The molecular weight excluding hydrogens is 721 g/mol. The molecule has 3 aromatic rings. The molecule has 0 spiro atoms. The molecule has 0 bridgehead atoms. The number of anilines is 1. The van der Waals surface area contributed by atoms with Gasteiger partial charge in [-0.25, -0.2) is 22.3 Å². The van der Waals surface area contributed by atoms with Crippen LogP contribution >= 0.6 is 11.6 Å². The summed E-state index contributed by atoms with van der Waals surface area (Å²) >= 11 is 6.13. The van der Waals surface area contributed by atoms with Crippen LogP contribution in [0.2, 0.25) is 5.02 Å². The largest absolute Gasteiger partial charge is 0.497 e. The van der Waals surface area contributed by atoms with Crippen LogP contribution < -0.4 is 14.8 Å². The highest BCUT2D eigenvalue weighted by molar-refractivity contribution is 7.89. The number of hydrogen-bond donors (Lipinski definition) is 4. The van der Waals surface area contributed by atoms with Crippen molar-refractivity contribution in [2.45, 2.75) is 61.6 Å². The zero-order valence-corrected chi connectivity index (χ0v) is 30.1.